The first kappa shape index (κ1) is 9.05. The molecular formula is C10H21N. The van der Waals surface area contributed by atoms with Gasteiger partial charge in [-0.05, 0) is 43.1 Å². The molecule has 0 radical (unpaired) electrons. The van der Waals surface area contributed by atoms with E-state index in [0.717, 1.165) is 6.54 Å². The van der Waals surface area contributed by atoms with Crippen LogP contribution in [0.1, 0.15) is 46.5 Å². The van der Waals surface area contributed by atoms with E-state index in [1.807, 2.05) is 0 Å². The molecule has 0 aromatic carbocycles. The number of rotatable bonds is 3. The highest BCUT2D eigenvalue weighted by Crippen LogP contribution is 2.50. The molecule has 0 unspecified atom stereocenters. The number of hydrogen-bond acceptors (Lipinski definition) is 1. The molecule has 0 heterocycles. The van der Waals surface area contributed by atoms with E-state index >= 15 is 0 Å². The molecule has 1 saturated carbocycles. The predicted octanol–water partition coefficient (Wildman–Crippen LogP) is 2.55. The summed E-state index contributed by atoms with van der Waals surface area (Å²) in [5, 5.41) is 0. The summed E-state index contributed by atoms with van der Waals surface area (Å²) < 4.78 is 0. The molecule has 1 rings (SSSR count). The average molecular weight is 155 g/mol. The van der Waals surface area contributed by atoms with Crippen LogP contribution in [0.15, 0.2) is 0 Å². The third-order valence-electron chi connectivity index (χ3n) is 2.80. The summed E-state index contributed by atoms with van der Waals surface area (Å²) in [4.78, 5) is 0. The van der Waals surface area contributed by atoms with Gasteiger partial charge in [-0.15, -0.1) is 0 Å². The Balaban J connectivity index is 2.22. The van der Waals surface area contributed by atoms with Crippen LogP contribution in [-0.2, 0) is 0 Å². The molecule has 1 aliphatic rings. The highest BCUT2D eigenvalue weighted by atomic mass is 14.6. The van der Waals surface area contributed by atoms with Crippen molar-refractivity contribution < 1.29 is 0 Å². The molecule has 0 saturated heterocycles. The summed E-state index contributed by atoms with van der Waals surface area (Å²) in [6.45, 7) is 7.82. The maximum atomic E-state index is 5.70. The summed E-state index contributed by atoms with van der Waals surface area (Å²) in [7, 11) is 0. The Kier molecular flexibility index (Phi) is 2.29. The van der Waals surface area contributed by atoms with Gasteiger partial charge in [-0.25, -0.2) is 0 Å². The Morgan fingerprint density at radius 3 is 2.09 bits per heavy atom. The van der Waals surface area contributed by atoms with Gasteiger partial charge >= 0.3 is 0 Å². The van der Waals surface area contributed by atoms with Crippen molar-refractivity contribution in [2.45, 2.75) is 46.5 Å². The van der Waals surface area contributed by atoms with Crippen LogP contribution in [0.5, 0.6) is 0 Å². The normalized spacial score (nSPS) is 21.8. The first-order valence-corrected chi connectivity index (χ1v) is 4.68. The van der Waals surface area contributed by atoms with Crippen LogP contribution in [0.2, 0.25) is 0 Å². The molecule has 1 heteroatoms. The molecule has 66 valence electrons. The second-order valence-corrected chi connectivity index (χ2v) is 5.26. The van der Waals surface area contributed by atoms with Gasteiger partial charge in [0.15, 0.2) is 0 Å². The van der Waals surface area contributed by atoms with Crippen molar-refractivity contribution >= 4 is 0 Å². The average Bonchev–Trinajstić information content (AvgIpc) is 2.63. The standard InChI is InChI=1S/C10H21N/c1-9(2,3)4-5-10(8-11)6-7-10/h4-8,11H2,1-3H3. The monoisotopic (exact) mass is 155 g/mol. The lowest BCUT2D eigenvalue weighted by molar-refractivity contribution is 0.314. The van der Waals surface area contributed by atoms with Crippen molar-refractivity contribution in [2.75, 3.05) is 6.54 Å². The number of hydrogen-bond donors (Lipinski definition) is 1. The van der Waals surface area contributed by atoms with Crippen molar-refractivity contribution in [2.24, 2.45) is 16.6 Å². The van der Waals surface area contributed by atoms with E-state index < -0.39 is 0 Å². The van der Waals surface area contributed by atoms with Crippen molar-refractivity contribution in [1.82, 2.24) is 0 Å². The minimum Gasteiger partial charge on any atom is -0.330 e. The second kappa shape index (κ2) is 2.78. The fourth-order valence-electron chi connectivity index (χ4n) is 1.37. The molecule has 1 nitrogen and oxygen atoms in total. The molecule has 1 aliphatic carbocycles. The molecule has 0 amide bonds. The van der Waals surface area contributed by atoms with Gasteiger partial charge in [-0.2, -0.15) is 0 Å². The largest absolute Gasteiger partial charge is 0.330 e. The molecule has 0 bridgehead atoms. The van der Waals surface area contributed by atoms with Crippen LogP contribution in [0.4, 0.5) is 0 Å². The van der Waals surface area contributed by atoms with Gasteiger partial charge in [-0.1, -0.05) is 20.8 Å². The lowest BCUT2D eigenvalue weighted by Crippen LogP contribution is -2.18. The van der Waals surface area contributed by atoms with Crippen LogP contribution in [0.25, 0.3) is 0 Å². The summed E-state index contributed by atoms with van der Waals surface area (Å²) in [5.74, 6) is 0. The van der Waals surface area contributed by atoms with Crippen LogP contribution < -0.4 is 5.73 Å². The summed E-state index contributed by atoms with van der Waals surface area (Å²) in [5.41, 5.74) is 6.77. The van der Waals surface area contributed by atoms with Gasteiger partial charge in [-0.3, -0.25) is 0 Å². The third kappa shape index (κ3) is 2.82. The van der Waals surface area contributed by atoms with Crippen molar-refractivity contribution in [3.05, 3.63) is 0 Å². The van der Waals surface area contributed by atoms with E-state index in [4.69, 9.17) is 5.73 Å². The maximum Gasteiger partial charge on any atom is -0.00205 e. The zero-order valence-corrected chi connectivity index (χ0v) is 8.11. The van der Waals surface area contributed by atoms with Gasteiger partial charge < -0.3 is 5.73 Å². The van der Waals surface area contributed by atoms with E-state index in [1.54, 1.807) is 0 Å². The molecule has 0 aromatic rings. The molecule has 11 heavy (non-hydrogen) atoms. The first-order valence-electron chi connectivity index (χ1n) is 4.68. The molecular weight excluding hydrogens is 134 g/mol. The van der Waals surface area contributed by atoms with Gasteiger partial charge in [0, 0.05) is 0 Å². The number of nitrogens with two attached hydrogens (primary N) is 1. The first-order chi connectivity index (χ1) is 4.97. The Bertz CT molecular complexity index is 128. The van der Waals surface area contributed by atoms with E-state index in [2.05, 4.69) is 20.8 Å². The summed E-state index contributed by atoms with van der Waals surface area (Å²) >= 11 is 0. The summed E-state index contributed by atoms with van der Waals surface area (Å²) in [6, 6.07) is 0. The third-order valence-corrected chi connectivity index (χ3v) is 2.80. The minimum atomic E-state index is 0.491. The van der Waals surface area contributed by atoms with Crippen LogP contribution in [0, 0.1) is 10.8 Å². The highest BCUT2D eigenvalue weighted by Gasteiger charge is 2.41. The SMILES string of the molecule is CC(C)(C)CCC1(CN)CC1. The second-order valence-electron chi connectivity index (χ2n) is 5.26. The Labute approximate surface area is 70.4 Å². The lowest BCUT2D eigenvalue weighted by atomic mass is 9.85. The maximum absolute atomic E-state index is 5.70. The molecule has 2 N–H and O–H groups in total. The van der Waals surface area contributed by atoms with Crippen molar-refractivity contribution in [3.63, 3.8) is 0 Å². The zero-order valence-electron chi connectivity index (χ0n) is 8.11. The molecule has 0 atom stereocenters. The van der Waals surface area contributed by atoms with Crippen molar-refractivity contribution in [3.8, 4) is 0 Å². The lowest BCUT2D eigenvalue weighted by Gasteiger charge is -2.21. The van der Waals surface area contributed by atoms with Crippen LogP contribution in [-0.4, -0.2) is 6.54 Å². The molecule has 0 aliphatic heterocycles. The van der Waals surface area contributed by atoms with Gasteiger partial charge in [0.2, 0.25) is 0 Å². The Morgan fingerprint density at radius 2 is 1.82 bits per heavy atom. The highest BCUT2D eigenvalue weighted by molar-refractivity contribution is 4.94. The van der Waals surface area contributed by atoms with Crippen molar-refractivity contribution in [1.29, 1.82) is 0 Å². The predicted molar refractivity (Wildman–Crippen MR) is 49.4 cm³/mol. The smallest absolute Gasteiger partial charge is 0.00205 e. The van der Waals surface area contributed by atoms with E-state index in [-0.39, 0.29) is 0 Å². The van der Waals surface area contributed by atoms with Crippen LogP contribution >= 0.6 is 0 Å². The Morgan fingerprint density at radius 1 is 1.27 bits per heavy atom. The Hall–Kier alpha value is -0.0400. The zero-order chi connectivity index (χ0) is 8.54. The molecule has 0 aromatic heterocycles. The van der Waals surface area contributed by atoms with Gasteiger partial charge in [0.1, 0.15) is 0 Å². The quantitative estimate of drug-likeness (QED) is 0.666. The van der Waals surface area contributed by atoms with E-state index in [1.165, 1.54) is 25.7 Å². The molecule has 1 fully saturated rings. The summed E-state index contributed by atoms with van der Waals surface area (Å²) in [6.07, 6.45) is 5.41. The van der Waals surface area contributed by atoms with E-state index in [0.29, 0.717) is 10.8 Å². The van der Waals surface area contributed by atoms with Gasteiger partial charge in [0.25, 0.3) is 0 Å². The fourth-order valence-corrected chi connectivity index (χ4v) is 1.37. The fraction of sp³-hybridized carbons (Fsp3) is 1.00. The topological polar surface area (TPSA) is 26.0 Å². The minimum absolute atomic E-state index is 0.491. The van der Waals surface area contributed by atoms with Crippen LogP contribution in [0.3, 0.4) is 0 Å². The molecule has 0 spiro atoms. The van der Waals surface area contributed by atoms with E-state index in [9.17, 15) is 0 Å². The van der Waals surface area contributed by atoms with Gasteiger partial charge in [0.05, 0.1) is 0 Å².